The van der Waals surface area contributed by atoms with E-state index in [0.29, 0.717) is 12.8 Å². The molecular weight excluding hydrogens is 465 g/mol. The second kappa shape index (κ2) is 11.4. The van der Waals surface area contributed by atoms with E-state index in [1.807, 2.05) is 13.8 Å². The lowest BCUT2D eigenvalue weighted by molar-refractivity contribution is -0.176. The number of carbonyl (C=O) groups excluding carboxylic acids is 3. The Balaban J connectivity index is 3.07. The molecule has 0 N–H and O–H groups in total. The molecule has 0 aromatic rings. The van der Waals surface area contributed by atoms with Crippen LogP contribution in [0.4, 0.5) is 18.0 Å². The molecule has 1 aliphatic heterocycles. The first-order valence-electron chi connectivity index (χ1n) is 12.2. The summed E-state index contributed by atoms with van der Waals surface area (Å²) in [7, 11) is 1.62. The van der Waals surface area contributed by atoms with Gasteiger partial charge in [0, 0.05) is 19.6 Å². The van der Waals surface area contributed by atoms with Crippen molar-refractivity contribution in [1.29, 1.82) is 0 Å². The van der Waals surface area contributed by atoms with Crippen molar-refractivity contribution in [2.75, 3.05) is 13.6 Å². The molecule has 1 aliphatic rings. The topological polar surface area (TPSA) is 76.2 Å². The van der Waals surface area contributed by atoms with Crippen molar-refractivity contribution in [2.24, 2.45) is 17.3 Å². The van der Waals surface area contributed by atoms with Crippen LogP contribution in [-0.4, -0.2) is 71.3 Å². The summed E-state index contributed by atoms with van der Waals surface area (Å²) in [6, 6.07) is -0.930. The van der Waals surface area contributed by atoms with Crippen molar-refractivity contribution in [2.45, 2.75) is 112 Å². The predicted octanol–water partition coefficient (Wildman–Crippen LogP) is 5.42. The third-order valence-corrected chi connectivity index (χ3v) is 6.18. The third-order valence-electron chi connectivity index (χ3n) is 6.18. The van der Waals surface area contributed by atoms with E-state index in [1.165, 1.54) is 9.80 Å². The second-order valence-electron chi connectivity index (χ2n) is 11.9. The zero-order valence-electron chi connectivity index (χ0n) is 22.8. The first-order chi connectivity index (χ1) is 15.6. The normalized spacial score (nSPS) is 23.3. The average Bonchev–Trinajstić information content (AvgIpc) is 2.62. The minimum Gasteiger partial charge on any atom is -0.460 e. The zero-order valence-corrected chi connectivity index (χ0v) is 22.8. The minimum absolute atomic E-state index is 0.0911. The van der Waals surface area contributed by atoms with Crippen LogP contribution in [0.2, 0.25) is 0 Å². The number of halogens is 3. The highest BCUT2D eigenvalue weighted by molar-refractivity contribution is 5.78. The zero-order chi connectivity index (χ0) is 27.5. The lowest BCUT2D eigenvalue weighted by Gasteiger charge is -2.47. The van der Waals surface area contributed by atoms with Gasteiger partial charge >= 0.3 is 18.2 Å². The van der Waals surface area contributed by atoms with E-state index in [9.17, 15) is 27.6 Å². The first-order valence-corrected chi connectivity index (χ1v) is 12.2. The Morgan fingerprint density at radius 1 is 1.06 bits per heavy atom. The molecule has 0 spiro atoms. The molecule has 5 atom stereocenters. The summed E-state index contributed by atoms with van der Waals surface area (Å²) in [5.74, 6) is -1.86. The molecule has 0 aromatic heterocycles. The second-order valence-corrected chi connectivity index (χ2v) is 11.9. The Hall–Kier alpha value is -2.00. The molecular formula is C25H43F3N2O5. The number of amides is 2. The summed E-state index contributed by atoms with van der Waals surface area (Å²) in [6.07, 6.45) is -6.37. The van der Waals surface area contributed by atoms with Gasteiger partial charge in [0.15, 0.2) is 0 Å². The predicted molar refractivity (Wildman–Crippen MR) is 127 cm³/mol. The Morgan fingerprint density at radius 3 is 2.06 bits per heavy atom. The first kappa shape index (κ1) is 31.0. The molecule has 2 unspecified atom stereocenters. The van der Waals surface area contributed by atoms with Crippen molar-refractivity contribution in [3.63, 3.8) is 0 Å². The van der Waals surface area contributed by atoms with Gasteiger partial charge in [0.1, 0.15) is 18.1 Å². The van der Waals surface area contributed by atoms with Crippen LogP contribution in [0.25, 0.3) is 0 Å². The summed E-state index contributed by atoms with van der Waals surface area (Å²) in [4.78, 5) is 40.3. The molecule has 1 heterocycles. The van der Waals surface area contributed by atoms with Crippen LogP contribution >= 0.6 is 0 Å². The number of alkyl halides is 3. The lowest BCUT2D eigenvalue weighted by Crippen LogP contribution is -2.57. The van der Waals surface area contributed by atoms with Gasteiger partial charge in [-0.3, -0.25) is 9.59 Å². The number of rotatable bonds is 6. The smallest absolute Gasteiger partial charge is 0.410 e. The maximum atomic E-state index is 13.1. The quantitative estimate of drug-likeness (QED) is 0.448. The molecule has 1 rings (SSSR count). The summed E-state index contributed by atoms with van der Waals surface area (Å²) < 4.78 is 50.3. The molecule has 10 heteroatoms. The summed E-state index contributed by atoms with van der Waals surface area (Å²) in [5, 5.41) is 0. The minimum atomic E-state index is -4.65. The summed E-state index contributed by atoms with van der Waals surface area (Å²) >= 11 is 0. The Kier molecular flexibility index (Phi) is 10.1. The number of hydrogen-bond acceptors (Lipinski definition) is 5. The maximum absolute atomic E-state index is 13.1. The number of piperidine rings is 1. The van der Waals surface area contributed by atoms with Crippen molar-refractivity contribution in [1.82, 2.24) is 9.80 Å². The number of carbonyl (C=O) groups is 3. The summed E-state index contributed by atoms with van der Waals surface area (Å²) in [6.45, 7) is 15.8. The van der Waals surface area contributed by atoms with Gasteiger partial charge in [-0.2, -0.15) is 13.2 Å². The molecule has 0 saturated carbocycles. The molecule has 7 nitrogen and oxygen atoms in total. The maximum Gasteiger partial charge on any atom is 0.410 e. The van der Waals surface area contributed by atoms with Crippen molar-refractivity contribution in [3.8, 4) is 0 Å². The number of likely N-dealkylation sites (tertiary alicyclic amines) is 1. The van der Waals surface area contributed by atoms with E-state index in [0.717, 1.165) is 0 Å². The molecule has 204 valence electrons. The van der Waals surface area contributed by atoms with Crippen LogP contribution in [0.3, 0.4) is 0 Å². The van der Waals surface area contributed by atoms with Gasteiger partial charge in [0.05, 0.1) is 11.5 Å². The van der Waals surface area contributed by atoms with Gasteiger partial charge in [0.2, 0.25) is 5.91 Å². The standard InChI is InChI=1S/C25H43F3N2O5/c1-15-11-18(12-16(2)29(10)22(33)35-24(7,8)9)14-30(19(31)13-25(26,27)28)20(15)17(3)34-21(32)23(4,5)6/h15-18,20H,11-14H2,1-10H3/t15-,16-,17+,18?,20?/m1/s1. The summed E-state index contributed by atoms with van der Waals surface area (Å²) in [5.41, 5.74) is -1.43. The van der Waals surface area contributed by atoms with Gasteiger partial charge in [-0.1, -0.05) is 6.92 Å². The third kappa shape index (κ3) is 9.88. The fourth-order valence-electron chi connectivity index (χ4n) is 4.44. The number of ether oxygens (including phenoxy) is 2. The van der Waals surface area contributed by atoms with Crippen molar-refractivity contribution in [3.05, 3.63) is 0 Å². The number of hydrogen-bond donors (Lipinski definition) is 0. The molecule has 0 radical (unpaired) electrons. The van der Waals surface area contributed by atoms with Crippen LogP contribution in [0, 0.1) is 17.3 Å². The highest BCUT2D eigenvalue weighted by atomic mass is 19.4. The largest absolute Gasteiger partial charge is 0.460 e. The monoisotopic (exact) mass is 508 g/mol. The average molecular weight is 509 g/mol. The van der Waals surface area contributed by atoms with Crippen LogP contribution < -0.4 is 0 Å². The number of esters is 1. The Bertz CT molecular complexity index is 758. The molecule has 0 aromatic carbocycles. The van der Waals surface area contributed by atoms with Crippen LogP contribution in [-0.2, 0) is 19.1 Å². The molecule has 0 bridgehead atoms. The molecule has 0 aliphatic carbocycles. The van der Waals surface area contributed by atoms with Crippen molar-refractivity contribution < 1.29 is 37.0 Å². The fourth-order valence-corrected chi connectivity index (χ4v) is 4.44. The highest BCUT2D eigenvalue weighted by Crippen LogP contribution is 2.35. The SMILES string of the molecule is C[C@@H]1CC(C[C@@H](C)N(C)C(=O)OC(C)(C)C)CN(C(=O)CC(F)(F)F)C1[C@H](C)OC(=O)C(C)(C)C. The van der Waals surface area contributed by atoms with E-state index >= 15 is 0 Å². The molecule has 1 fully saturated rings. The Morgan fingerprint density at radius 2 is 1.60 bits per heavy atom. The fraction of sp³-hybridized carbons (Fsp3) is 0.880. The number of nitrogens with zero attached hydrogens (tertiary/aromatic N) is 2. The molecule has 1 saturated heterocycles. The van der Waals surface area contributed by atoms with Gasteiger partial charge in [-0.25, -0.2) is 4.79 Å². The lowest BCUT2D eigenvalue weighted by atomic mass is 9.79. The van der Waals surface area contributed by atoms with Gasteiger partial charge < -0.3 is 19.3 Å². The highest BCUT2D eigenvalue weighted by Gasteiger charge is 2.44. The van der Waals surface area contributed by atoms with E-state index in [-0.39, 0.29) is 24.4 Å². The van der Waals surface area contributed by atoms with E-state index < -0.39 is 53.7 Å². The Labute approximate surface area is 207 Å². The molecule has 2 amide bonds. The van der Waals surface area contributed by atoms with Gasteiger partial charge in [-0.15, -0.1) is 0 Å². The van der Waals surface area contributed by atoms with Crippen LogP contribution in [0.1, 0.15) is 81.6 Å². The van der Waals surface area contributed by atoms with Gasteiger partial charge in [-0.05, 0) is 80.1 Å². The van der Waals surface area contributed by atoms with Crippen LogP contribution in [0.15, 0.2) is 0 Å². The van der Waals surface area contributed by atoms with Crippen molar-refractivity contribution >= 4 is 18.0 Å². The van der Waals surface area contributed by atoms with E-state index in [4.69, 9.17) is 9.47 Å². The van der Waals surface area contributed by atoms with Crippen LogP contribution in [0.5, 0.6) is 0 Å². The van der Waals surface area contributed by atoms with E-state index in [2.05, 4.69) is 0 Å². The molecule has 35 heavy (non-hydrogen) atoms. The van der Waals surface area contributed by atoms with Gasteiger partial charge in [0.25, 0.3) is 0 Å². The van der Waals surface area contributed by atoms with E-state index in [1.54, 1.807) is 55.5 Å².